The summed E-state index contributed by atoms with van der Waals surface area (Å²) in [6.45, 7) is 0.553. The summed E-state index contributed by atoms with van der Waals surface area (Å²) in [5.41, 5.74) is -1.37. The number of hydrogen-bond acceptors (Lipinski definition) is 5. The lowest BCUT2D eigenvalue weighted by Crippen LogP contribution is -2.47. The lowest BCUT2D eigenvalue weighted by Gasteiger charge is -2.18. The number of carboxylic acid groups (broad SMARTS) is 1. The Morgan fingerprint density at radius 2 is 2.13 bits per heavy atom. The minimum Gasteiger partial charge on any atom is -0.479 e. The molecular formula is C13H13F2N3O4S. The van der Waals surface area contributed by atoms with Gasteiger partial charge in [0, 0.05) is 5.69 Å². The molecule has 0 fully saturated rings. The standard InChI is InChI=1S/C13H13F2N3O4S/c1-13(22,11(19)20)5-16-12(21)17-6-2-3-7-8(4-6)23-10(18-7)9(14)15/h2-4,9,22H,5H2,1H3,(H,19,20)(H2,16,17,21). The van der Waals surface area contributed by atoms with E-state index in [4.69, 9.17) is 5.11 Å². The van der Waals surface area contributed by atoms with Crippen LogP contribution in [-0.2, 0) is 4.79 Å². The third-order valence-corrected chi connectivity index (χ3v) is 3.93. The van der Waals surface area contributed by atoms with Crippen LogP contribution in [0.4, 0.5) is 19.3 Å². The van der Waals surface area contributed by atoms with Crippen molar-refractivity contribution in [1.29, 1.82) is 0 Å². The van der Waals surface area contributed by atoms with Gasteiger partial charge in [0.1, 0.15) is 0 Å². The Labute approximate surface area is 133 Å². The van der Waals surface area contributed by atoms with Gasteiger partial charge in [-0.05, 0) is 25.1 Å². The molecule has 1 atom stereocenters. The van der Waals surface area contributed by atoms with Crippen LogP contribution >= 0.6 is 11.3 Å². The summed E-state index contributed by atoms with van der Waals surface area (Å²) in [6, 6.07) is 3.71. The van der Waals surface area contributed by atoms with E-state index in [0.717, 1.165) is 18.3 Å². The summed E-state index contributed by atoms with van der Waals surface area (Å²) in [5.74, 6) is -1.47. The number of carbonyl (C=O) groups is 2. The molecule has 0 spiro atoms. The van der Waals surface area contributed by atoms with Gasteiger partial charge in [-0.3, -0.25) is 0 Å². The maximum atomic E-state index is 12.6. The van der Waals surface area contributed by atoms with Crippen molar-refractivity contribution in [3.8, 4) is 0 Å². The van der Waals surface area contributed by atoms with Crippen molar-refractivity contribution in [1.82, 2.24) is 10.3 Å². The molecule has 2 amide bonds. The fourth-order valence-corrected chi connectivity index (χ4v) is 2.48. The Morgan fingerprint density at radius 1 is 1.43 bits per heavy atom. The monoisotopic (exact) mass is 345 g/mol. The first-order valence-corrected chi connectivity index (χ1v) is 7.20. The van der Waals surface area contributed by atoms with Gasteiger partial charge in [-0.2, -0.15) is 0 Å². The Bertz CT molecular complexity index is 748. The third-order valence-electron chi connectivity index (χ3n) is 2.90. The Morgan fingerprint density at radius 3 is 2.74 bits per heavy atom. The maximum absolute atomic E-state index is 12.6. The number of thiazole rings is 1. The van der Waals surface area contributed by atoms with Crippen molar-refractivity contribution < 1.29 is 28.6 Å². The second-order valence-corrected chi connectivity index (χ2v) is 5.98. The Kier molecular flexibility index (Phi) is 4.76. The van der Waals surface area contributed by atoms with Gasteiger partial charge in [0.15, 0.2) is 10.6 Å². The smallest absolute Gasteiger partial charge is 0.337 e. The number of fused-ring (bicyclic) bond motifs is 1. The first kappa shape index (κ1) is 17.0. The summed E-state index contributed by atoms with van der Waals surface area (Å²) in [4.78, 5) is 26.1. The molecule has 0 bridgehead atoms. The number of amides is 2. The molecule has 1 unspecified atom stereocenters. The second kappa shape index (κ2) is 6.42. The van der Waals surface area contributed by atoms with Gasteiger partial charge >= 0.3 is 12.0 Å². The highest BCUT2D eigenvalue weighted by atomic mass is 32.1. The Balaban J connectivity index is 2.03. The number of aliphatic carboxylic acids is 1. The zero-order chi connectivity index (χ0) is 17.2. The largest absolute Gasteiger partial charge is 0.479 e. The minimum atomic E-state index is -2.66. The summed E-state index contributed by atoms with van der Waals surface area (Å²) in [7, 11) is 0. The van der Waals surface area contributed by atoms with Crippen LogP contribution in [-0.4, -0.2) is 39.3 Å². The van der Waals surface area contributed by atoms with Crippen LogP contribution in [0.25, 0.3) is 10.2 Å². The van der Waals surface area contributed by atoms with Crippen molar-refractivity contribution in [3.63, 3.8) is 0 Å². The molecule has 23 heavy (non-hydrogen) atoms. The number of nitrogens with zero attached hydrogens (tertiary/aromatic N) is 1. The molecule has 0 saturated heterocycles. The summed E-state index contributed by atoms with van der Waals surface area (Å²) in [5, 5.41) is 22.5. The number of alkyl halides is 2. The molecule has 1 aromatic carbocycles. The first-order chi connectivity index (χ1) is 10.7. The highest BCUT2D eigenvalue weighted by molar-refractivity contribution is 7.18. The molecule has 2 aromatic rings. The molecule has 124 valence electrons. The van der Waals surface area contributed by atoms with Crippen molar-refractivity contribution in [2.75, 3.05) is 11.9 Å². The van der Waals surface area contributed by atoms with Crippen LogP contribution in [0.1, 0.15) is 18.4 Å². The van der Waals surface area contributed by atoms with E-state index in [-0.39, 0.29) is 5.01 Å². The number of hydrogen-bond donors (Lipinski definition) is 4. The fourth-order valence-electron chi connectivity index (χ4n) is 1.62. The minimum absolute atomic E-state index is 0.306. The maximum Gasteiger partial charge on any atom is 0.337 e. The molecular weight excluding hydrogens is 332 g/mol. The molecule has 0 aliphatic rings. The average Bonchev–Trinajstić information content (AvgIpc) is 2.88. The van der Waals surface area contributed by atoms with Crippen LogP contribution in [0.15, 0.2) is 18.2 Å². The van der Waals surface area contributed by atoms with E-state index in [1.165, 1.54) is 18.2 Å². The summed E-state index contributed by atoms with van der Waals surface area (Å²) in [6.07, 6.45) is -2.66. The molecule has 0 aliphatic heterocycles. The third kappa shape index (κ3) is 4.11. The molecule has 0 aliphatic carbocycles. The van der Waals surface area contributed by atoms with E-state index in [0.29, 0.717) is 15.9 Å². The molecule has 7 nitrogen and oxygen atoms in total. The molecule has 0 saturated carbocycles. The second-order valence-electron chi connectivity index (χ2n) is 4.92. The van der Waals surface area contributed by atoms with Gasteiger partial charge in [0.25, 0.3) is 6.43 Å². The molecule has 2 rings (SSSR count). The van der Waals surface area contributed by atoms with E-state index in [9.17, 15) is 23.5 Å². The van der Waals surface area contributed by atoms with E-state index >= 15 is 0 Å². The van der Waals surface area contributed by atoms with Crippen LogP contribution in [0.3, 0.4) is 0 Å². The van der Waals surface area contributed by atoms with Gasteiger partial charge in [0.2, 0.25) is 0 Å². The number of anilines is 1. The molecule has 1 aromatic heterocycles. The molecule has 1 heterocycles. The highest BCUT2D eigenvalue weighted by Gasteiger charge is 2.30. The van der Waals surface area contributed by atoms with Gasteiger partial charge in [-0.15, -0.1) is 11.3 Å². The van der Waals surface area contributed by atoms with Crippen LogP contribution in [0, 0.1) is 0 Å². The van der Waals surface area contributed by atoms with Gasteiger partial charge in [0.05, 0.1) is 16.8 Å². The molecule has 10 heteroatoms. The average molecular weight is 345 g/mol. The van der Waals surface area contributed by atoms with Gasteiger partial charge in [-0.25, -0.2) is 23.4 Å². The quantitative estimate of drug-likeness (QED) is 0.664. The predicted molar refractivity (Wildman–Crippen MR) is 79.9 cm³/mol. The summed E-state index contributed by atoms with van der Waals surface area (Å²) >= 11 is 0.818. The predicted octanol–water partition coefficient (Wildman–Crippen LogP) is 2.19. The summed E-state index contributed by atoms with van der Waals surface area (Å²) < 4.78 is 25.7. The van der Waals surface area contributed by atoms with Crippen LogP contribution in [0.5, 0.6) is 0 Å². The van der Waals surface area contributed by atoms with Crippen LogP contribution in [0.2, 0.25) is 0 Å². The lowest BCUT2D eigenvalue weighted by atomic mass is 10.1. The zero-order valence-corrected chi connectivity index (χ0v) is 12.7. The fraction of sp³-hybridized carbons (Fsp3) is 0.308. The number of carboxylic acids is 1. The number of nitrogens with one attached hydrogen (secondary N) is 2. The van der Waals surface area contributed by atoms with Crippen molar-refractivity contribution >= 4 is 39.2 Å². The number of rotatable bonds is 5. The van der Waals surface area contributed by atoms with E-state index in [1.54, 1.807) is 0 Å². The number of benzene rings is 1. The first-order valence-electron chi connectivity index (χ1n) is 6.38. The van der Waals surface area contributed by atoms with E-state index < -0.39 is 30.6 Å². The number of aliphatic hydroxyl groups is 1. The number of carbonyl (C=O) groups excluding carboxylic acids is 1. The molecule has 0 radical (unpaired) electrons. The lowest BCUT2D eigenvalue weighted by molar-refractivity contribution is -0.155. The number of urea groups is 1. The van der Waals surface area contributed by atoms with Gasteiger partial charge in [-0.1, -0.05) is 0 Å². The zero-order valence-electron chi connectivity index (χ0n) is 11.8. The highest BCUT2D eigenvalue weighted by Crippen LogP contribution is 2.30. The van der Waals surface area contributed by atoms with Crippen molar-refractivity contribution in [2.24, 2.45) is 0 Å². The topological polar surface area (TPSA) is 112 Å². The van der Waals surface area contributed by atoms with Gasteiger partial charge < -0.3 is 20.8 Å². The number of aromatic nitrogens is 1. The number of halogens is 2. The van der Waals surface area contributed by atoms with Crippen molar-refractivity contribution in [2.45, 2.75) is 19.0 Å². The van der Waals surface area contributed by atoms with E-state index in [2.05, 4.69) is 15.6 Å². The van der Waals surface area contributed by atoms with E-state index in [1.807, 2.05) is 0 Å². The van der Waals surface area contributed by atoms with Crippen LogP contribution < -0.4 is 10.6 Å². The Hall–Kier alpha value is -2.33. The van der Waals surface area contributed by atoms with Crippen molar-refractivity contribution in [3.05, 3.63) is 23.2 Å². The SMILES string of the molecule is CC(O)(CNC(=O)Nc1ccc2nc(C(F)F)sc2c1)C(=O)O. The molecule has 4 N–H and O–H groups in total. The normalized spacial score (nSPS) is 13.8.